The number of hydrogen-bond acceptors (Lipinski definition) is 0. The molecule has 0 spiro atoms. The van der Waals surface area contributed by atoms with E-state index < -0.39 is 0 Å². The summed E-state index contributed by atoms with van der Waals surface area (Å²) in [6.07, 6.45) is 0. The Morgan fingerprint density at radius 2 is 1.83 bits per heavy atom. The summed E-state index contributed by atoms with van der Waals surface area (Å²) in [7, 11) is 0. The van der Waals surface area contributed by atoms with E-state index in [0.29, 0.717) is 0 Å². The van der Waals surface area contributed by atoms with Crippen LogP contribution in [0.1, 0.15) is 6.92 Å². The molecule has 6 heavy (non-hydrogen) atoms. The maximum atomic E-state index is 2.44. The van der Waals surface area contributed by atoms with E-state index in [1.54, 1.807) is 8.86 Å². The van der Waals surface area contributed by atoms with Gasteiger partial charge in [-0.2, -0.15) is 0 Å². The first-order chi connectivity index (χ1) is 2.89. The van der Waals surface area contributed by atoms with Crippen LogP contribution in [0.3, 0.4) is 0 Å². The Kier molecular flexibility index (Phi) is 2.51. The van der Waals surface area contributed by atoms with Crippen molar-refractivity contribution < 1.29 is 42.4 Å². The van der Waals surface area contributed by atoms with Crippen LogP contribution in [0.4, 0.5) is 0 Å². The molecule has 0 nitrogen and oxygen atoms in total. The second kappa shape index (κ2) is 2.69. The maximum absolute atomic E-state index is 2.44. The molecule has 2 heteroatoms. The van der Waals surface area contributed by atoms with Crippen molar-refractivity contribution in [1.82, 2.24) is 0 Å². The Bertz CT molecular complexity index is 38.8. The first-order valence-electron chi connectivity index (χ1n) is 2.05. The van der Waals surface area contributed by atoms with Crippen molar-refractivity contribution in [1.29, 1.82) is 0 Å². The molecule has 0 aliphatic carbocycles. The number of rotatable bonds is 0. The monoisotopic (exact) mass is 310 g/mol. The molecule has 1 saturated heterocycles. The van der Waals surface area contributed by atoms with Gasteiger partial charge < -0.3 is 0 Å². The number of alkyl halides is 4. The molecule has 0 atom stereocenters. The zero-order chi connectivity index (χ0) is 4.41. The average molecular weight is 310 g/mol. The predicted molar refractivity (Wildman–Crippen MR) is 19.2 cm³/mol. The fraction of sp³-hybridized carbons (Fsp3) is 1.00. The Balaban J connectivity index is 2.18. The van der Waals surface area contributed by atoms with Crippen LogP contribution in [0, 0.1) is 0 Å². The fourth-order valence-electron chi connectivity index (χ4n) is 0.424. The van der Waals surface area contributed by atoms with Gasteiger partial charge in [0, 0.05) is 0 Å². The van der Waals surface area contributed by atoms with Crippen LogP contribution in [-0.4, -0.2) is 10.8 Å². The molecule has 1 aliphatic rings. The molecule has 1 fully saturated rings. The fourth-order valence-corrected chi connectivity index (χ4v) is 10.7. The third kappa shape index (κ3) is 1.52. The van der Waals surface area contributed by atoms with E-state index in [-0.39, 0.29) is 0 Å². The van der Waals surface area contributed by atoms with Gasteiger partial charge in [0.05, 0.1) is 0 Å². The van der Waals surface area contributed by atoms with Crippen LogP contribution in [-0.2, 0) is 0 Å². The Labute approximate surface area is 59.6 Å². The first kappa shape index (κ1) is 5.59. The van der Waals surface area contributed by atoms with E-state index in [0.717, 1.165) is 42.4 Å². The topological polar surface area (TPSA) is 0 Å². The summed E-state index contributed by atoms with van der Waals surface area (Å²) in [6.45, 7) is 2.44. The van der Waals surface area contributed by atoms with Crippen LogP contribution >= 0.6 is 0 Å². The van der Waals surface area contributed by atoms with Crippen molar-refractivity contribution in [3.63, 3.8) is 0 Å². The molecule has 0 unspecified atom stereocenters. The van der Waals surface area contributed by atoms with Gasteiger partial charge >= 0.3 is 60.1 Å². The zero-order valence-corrected chi connectivity index (χ0v) is 8.06. The van der Waals surface area contributed by atoms with E-state index in [2.05, 4.69) is 6.92 Å². The summed E-state index contributed by atoms with van der Waals surface area (Å²) >= 11 is 1.46. The van der Waals surface area contributed by atoms with Gasteiger partial charge in [0.25, 0.3) is 0 Å². The Morgan fingerprint density at radius 3 is 2.00 bits per heavy atom. The van der Waals surface area contributed by atoms with Crippen molar-refractivity contribution in [2.75, 3.05) is 8.86 Å². The molecule has 0 aromatic rings. The molecule has 0 radical (unpaired) electrons. The Morgan fingerprint density at radius 1 is 1.33 bits per heavy atom. The van der Waals surface area contributed by atoms with E-state index in [1.165, 1.54) is 1.93 Å². The van der Waals surface area contributed by atoms with Gasteiger partial charge in [0.15, 0.2) is 0 Å². The summed E-state index contributed by atoms with van der Waals surface area (Å²) < 4.78 is 4.56. The summed E-state index contributed by atoms with van der Waals surface area (Å²) in [6, 6.07) is 0. The van der Waals surface area contributed by atoms with Gasteiger partial charge in [-0.1, -0.05) is 0 Å². The molecule has 0 bridgehead atoms. The van der Waals surface area contributed by atoms with Crippen LogP contribution in [0.25, 0.3) is 0 Å². The van der Waals surface area contributed by atoms with E-state index in [4.69, 9.17) is 0 Å². The molecule has 0 aromatic heterocycles. The van der Waals surface area contributed by atoms with Gasteiger partial charge in [0.1, 0.15) is 0 Å². The Hall–Kier alpha value is 1.46. The quantitative estimate of drug-likeness (QED) is 0.309. The average Bonchev–Trinajstić information content (AvgIpc) is 1.86. The molecule has 1 rings (SSSR count). The van der Waals surface area contributed by atoms with Crippen molar-refractivity contribution in [2.24, 2.45) is 0 Å². The second-order valence-corrected chi connectivity index (χ2v) is 11.2. The van der Waals surface area contributed by atoms with Crippen LogP contribution in [0.5, 0.6) is 0 Å². The molecular formula is C4H8I2-2. The van der Waals surface area contributed by atoms with Crippen molar-refractivity contribution >= 4 is 0 Å². The minimum absolute atomic E-state index is 0.728. The molecule has 0 aromatic carbocycles. The van der Waals surface area contributed by atoms with Gasteiger partial charge in [-0.25, -0.2) is 0 Å². The molecule has 1 heterocycles. The van der Waals surface area contributed by atoms with Crippen molar-refractivity contribution in [3.8, 4) is 0 Å². The zero-order valence-electron chi connectivity index (χ0n) is 3.75. The molecule has 0 amide bonds. The van der Waals surface area contributed by atoms with Crippen molar-refractivity contribution in [2.45, 2.75) is 8.86 Å². The molecule has 0 N–H and O–H groups in total. The van der Waals surface area contributed by atoms with Crippen molar-refractivity contribution in [3.05, 3.63) is 0 Å². The summed E-state index contributed by atoms with van der Waals surface area (Å²) in [5, 5.41) is 0. The van der Waals surface area contributed by atoms with Gasteiger partial charge in [-0.3, -0.25) is 0 Å². The van der Waals surface area contributed by atoms with Gasteiger partial charge in [-0.05, 0) is 0 Å². The summed E-state index contributed by atoms with van der Waals surface area (Å²) in [5.41, 5.74) is 0. The second-order valence-electron chi connectivity index (χ2n) is 1.21. The van der Waals surface area contributed by atoms with Crippen LogP contribution in [0.2, 0.25) is 0 Å². The number of halogens is 2. The molecular weight excluding hydrogens is 302 g/mol. The summed E-state index contributed by atoms with van der Waals surface area (Å²) in [5.74, 6) is 0. The minimum atomic E-state index is 0.728. The van der Waals surface area contributed by atoms with E-state index in [9.17, 15) is 0 Å². The van der Waals surface area contributed by atoms with E-state index >= 15 is 0 Å². The van der Waals surface area contributed by atoms with E-state index in [1.807, 2.05) is 0 Å². The standard InChI is InChI=1S/C4H8I2/c1-4-5-2-3-6-4/h4H,2-3H2,1H3/q-2. The molecule has 0 saturated carbocycles. The molecule has 40 valence electrons. The first-order valence-corrected chi connectivity index (χ1v) is 7.59. The molecule has 1 aliphatic heterocycles. The number of hydrogen-bond donors (Lipinski definition) is 0. The predicted octanol–water partition coefficient (Wildman–Crippen LogP) is -5.48. The third-order valence-electron chi connectivity index (χ3n) is 0.715. The summed E-state index contributed by atoms with van der Waals surface area (Å²) in [4.78, 5) is 0. The third-order valence-corrected chi connectivity index (χ3v) is 12.0. The van der Waals surface area contributed by atoms with Crippen LogP contribution < -0.4 is 42.4 Å². The normalized spacial score (nSPS) is 28.2. The SMILES string of the molecule is CC1[I-]CC[I-]1. The van der Waals surface area contributed by atoms with Gasteiger partial charge in [-0.15, -0.1) is 0 Å². The van der Waals surface area contributed by atoms with Gasteiger partial charge in [0.2, 0.25) is 0 Å². The van der Waals surface area contributed by atoms with Crippen LogP contribution in [0.15, 0.2) is 0 Å².